The van der Waals surface area contributed by atoms with Gasteiger partial charge in [-0.05, 0) is 44.4 Å². The highest BCUT2D eigenvalue weighted by Gasteiger charge is 2.28. The summed E-state index contributed by atoms with van der Waals surface area (Å²) in [6.07, 6.45) is 1.84. The van der Waals surface area contributed by atoms with Gasteiger partial charge in [0, 0.05) is 25.6 Å². The first kappa shape index (κ1) is 19.2. The maximum Gasteiger partial charge on any atom is 0.315 e. The smallest absolute Gasteiger partial charge is 0.315 e. The number of amides is 3. The minimum absolute atomic E-state index is 0.0729. The van der Waals surface area contributed by atoms with Crippen molar-refractivity contribution in [1.29, 1.82) is 0 Å². The molecule has 2 rings (SSSR count). The third-order valence-electron chi connectivity index (χ3n) is 3.94. The summed E-state index contributed by atoms with van der Waals surface area (Å²) in [4.78, 5) is 23.8. The van der Waals surface area contributed by atoms with E-state index in [0.29, 0.717) is 6.61 Å². The number of benzene rings is 1. The molecule has 1 aliphatic heterocycles. The summed E-state index contributed by atoms with van der Waals surface area (Å²) in [6, 6.07) is 5.38. The molecule has 2 atom stereocenters. The molecule has 3 amide bonds. The zero-order valence-electron chi connectivity index (χ0n) is 14.7. The molecule has 3 N–H and O–H groups in total. The second-order valence-electron chi connectivity index (χ2n) is 6.45. The number of nitrogens with one attached hydrogen (secondary N) is 3. The Morgan fingerprint density at radius 2 is 1.96 bits per heavy atom. The molecule has 1 fully saturated rings. The summed E-state index contributed by atoms with van der Waals surface area (Å²) >= 11 is 0. The van der Waals surface area contributed by atoms with Crippen molar-refractivity contribution in [2.24, 2.45) is 0 Å². The van der Waals surface area contributed by atoms with Crippen LogP contribution >= 0.6 is 0 Å². The van der Waals surface area contributed by atoms with E-state index in [4.69, 9.17) is 4.74 Å². The molecule has 2 unspecified atom stereocenters. The molecule has 6 nitrogen and oxygen atoms in total. The van der Waals surface area contributed by atoms with E-state index in [2.05, 4.69) is 16.0 Å². The number of hydrogen-bond donors (Lipinski definition) is 3. The van der Waals surface area contributed by atoms with Crippen LogP contribution in [0.25, 0.3) is 0 Å². The summed E-state index contributed by atoms with van der Waals surface area (Å²) in [5, 5.41) is 8.33. The summed E-state index contributed by atoms with van der Waals surface area (Å²) in [5.41, 5.74) is 0.793. The Hall–Kier alpha value is -2.15. The third-order valence-corrected chi connectivity index (χ3v) is 3.94. The van der Waals surface area contributed by atoms with E-state index < -0.39 is 0 Å². The highest BCUT2D eigenvalue weighted by atomic mass is 19.1. The predicted molar refractivity (Wildman–Crippen MR) is 92.5 cm³/mol. The van der Waals surface area contributed by atoms with Crippen molar-refractivity contribution >= 4 is 11.9 Å². The average molecular weight is 351 g/mol. The van der Waals surface area contributed by atoms with Crippen LogP contribution in [0.5, 0.6) is 0 Å². The number of carbonyl (C=O) groups is 2. The van der Waals surface area contributed by atoms with Gasteiger partial charge in [-0.15, -0.1) is 0 Å². The van der Waals surface area contributed by atoms with Gasteiger partial charge in [-0.3, -0.25) is 4.79 Å². The first-order chi connectivity index (χ1) is 12.0. The fourth-order valence-corrected chi connectivity index (χ4v) is 2.80. The van der Waals surface area contributed by atoms with Crippen LogP contribution in [0.2, 0.25) is 0 Å². The number of urea groups is 1. The molecule has 138 valence electrons. The summed E-state index contributed by atoms with van der Waals surface area (Å²) in [7, 11) is 0. The van der Waals surface area contributed by atoms with Crippen molar-refractivity contribution < 1.29 is 18.7 Å². The fourth-order valence-electron chi connectivity index (χ4n) is 2.80. The van der Waals surface area contributed by atoms with E-state index in [1.807, 2.05) is 13.8 Å². The van der Waals surface area contributed by atoms with E-state index in [9.17, 15) is 14.0 Å². The Morgan fingerprint density at radius 1 is 1.24 bits per heavy atom. The van der Waals surface area contributed by atoms with Crippen molar-refractivity contribution in [2.75, 3.05) is 13.2 Å². The molecular weight excluding hydrogens is 325 g/mol. The number of hydrogen-bond acceptors (Lipinski definition) is 3. The first-order valence-electron chi connectivity index (χ1n) is 8.66. The average Bonchev–Trinajstić information content (AvgIpc) is 3.07. The Morgan fingerprint density at radius 3 is 2.56 bits per heavy atom. The quantitative estimate of drug-likeness (QED) is 0.705. The standard InChI is InChI=1S/C18H26FN3O3/c1-12(2)21-16(23)9-10-20-18(24)22-17(15-4-3-11-25-15)13-5-7-14(19)8-6-13/h5-8,12,15,17H,3-4,9-11H2,1-2H3,(H,21,23)(H2,20,22,24). The fraction of sp³-hybridized carbons (Fsp3) is 0.556. The van der Waals surface area contributed by atoms with Crippen LogP contribution in [0, 0.1) is 5.82 Å². The van der Waals surface area contributed by atoms with E-state index >= 15 is 0 Å². The Labute approximate surface area is 147 Å². The van der Waals surface area contributed by atoms with Gasteiger partial charge in [0.2, 0.25) is 5.91 Å². The lowest BCUT2D eigenvalue weighted by molar-refractivity contribution is -0.121. The van der Waals surface area contributed by atoms with Gasteiger partial charge in [-0.2, -0.15) is 0 Å². The van der Waals surface area contributed by atoms with Crippen LogP contribution in [0.15, 0.2) is 24.3 Å². The second kappa shape index (κ2) is 9.36. The number of halogens is 1. The van der Waals surface area contributed by atoms with Crippen LogP contribution in [-0.2, 0) is 9.53 Å². The first-order valence-corrected chi connectivity index (χ1v) is 8.66. The minimum atomic E-state index is -0.373. The molecule has 0 saturated carbocycles. The Balaban J connectivity index is 1.89. The van der Waals surface area contributed by atoms with Gasteiger partial charge in [0.05, 0.1) is 12.1 Å². The zero-order valence-corrected chi connectivity index (χ0v) is 14.7. The van der Waals surface area contributed by atoms with E-state index in [1.165, 1.54) is 12.1 Å². The molecule has 1 aromatic rings. The van der Waals surface area contributed by atoms with Gasteiger partial charge in [-0.25, -0.2) is 9.18 Å². The minimum Gasteiger partial charge on any atom is -0.376 e. The highest BCUT2D eigenvalue weighted by molar-refractivity contribution is 5.78. The molecular formula is C18H26FN3O3. The maximum absolute atomic E-state index is 13.2. The largest absolute Gasteiger partial charge is 0.376 e. The zero-order chi connectivity index (χ0) is 18.2. The number of carbonyl (C=O) groups excluding carboxylic acids is 2. The second-order valence-corrected chi connectivity index (χ2v) is 6.45. The SMILES string of the molecule is CC(C)NC(=O)CCNC(=O)NC(c1ccc(F)cc1)C1CCCO1. The van der Waals surface area contributed by atoms with Gasteiger partial charge in [-0.1, -0.05) is 12.1 Å². The van der Waals surface area contributed by atoms with E-state index in [-0.39, 0.29) is 48.9 Å². The van der Waals surface area contributed by atoms with Crippen molar-refractivity contribution in [1.82, 2.24) is 16.0 Å². The number of ether oxygens (including phenoxy) is 1. The van der Waals surface area contributed by atoms with Crippen molar-refractivity contribution in [2.45, 2.75) is 51.3 Å². The molecule has 0 bridgehead atoms. The summed E-state index contributed by atoms with van der Waals surface area (Å²) < 4.78 is 18.8. The normalized spacial score (nSPS) is 18.0. The lowest BCUT2D eigenvalue weighted by Gasteiger charge is -2.25. The van der Waals surface area contributed by atoms with Gasteiger partial charge in [0.1, 0.15) is 5.82 Å². The third kappa shape index (κ3) is 6.34. The van der Waals surface area contributed by atoms with Gasteiger partial charge in [0.25, 0.3) is 0 Å². The van der Waals surface area contributed by atoms with E-state index in [1.54, 1.807) is 12.1 Å². The Bertz CT molecular complexity index is 571. The van der Waals surface area contributed by atoms with Gasteiger partial charge >= 0.3 is 6.03 Å². The molecule has 0 radical (unpaired) electrons. The molecule has 0 aromatic heterocycles. The highest BCUT2D eigenvalue weighted by Crippen LogP contribution is 2.27. The molecule has 1 aromatic carbocycles. The van der Waals surface area contributed by atoms with Crippen molar-refractivity contribution in [3.8, 4) is 0 Å². The molecule has 0 aliphatic carbocycles. The maximum atomic E-state index is 13.2. The van der Waals surface area contributed by atoms with E-state index in [0.717, 1.165) is 18.4 Å². The molecule has 0 spiro atoms. The molecule has 1 saturated heterocycles. The predicted octanol–water partition coefficient (Wildman–Crippen LogP) is 2.26. The van der Waals surface area contributed by atoms with Crippen LogP contribution in [0.4, 0.5) is 9.18 Å². The molecule has 1 heterocycles. The van der Waals surface area contributed by atoms with Crippen molar-refractivity contribution in [3.05, 3.63) is 35.6 Å². The number of rotatable bonds is 7. The van der Waals surface area contributed by atoms with Crippen LogP contribution in [0.3, 0.4) is 0 Å². The van der Waals surface area contributed by atoms with Crippen LogP contribution in [0.1, 0.15) is 44.7 Å². The molecule has 1 aliphatic rings. The molecule has 25 heavy (non-hydrogen) atoms. The molecule has 7 heteroatoms. The summed E-state index contributed by atoms with van der Waals surface area (Å²) in [6.45, 7) is 4.66. The Kier molecular flexibility index (Phi) is 7.18. The van der Waals surface area contributed by atoms with Gasteiger partial charge < -0.3 is 20.7 Å². The van der Waals surface area contributed by atoms with Crippen LogP contribution < -0.4 is 16.0 Å². The lowest BCUT2D eigenvalue weighted by Crippen LogP contribution is -2.43. The monoisotopic (exact) mass is 351 g/mol. The van der Waals surface area contributed by atoms with Crippen molar-refractivity contribution in [3.63, 3.8) is 0 Å². The van der Waals surface area contributed by atoms with Crippen LogP contribution in [-0.4, -0.2) is 37.2 Å². The lowest BCUT2D eigenvalue weighted by atomic mass is 9.99. The topological polar surface area (TPSA) is 79.5 Å². The van der Waals surface area contributed by atoms with Gasteiger partial charge in [0.15, 0.2) is 0 Å². The summed E-state index contributed by atoms with van der Waals surface area (Å²) in [5.74, 6) is -0.431.